The van der Waals surface area contributed by atoms with E-state index in [4.69, 9.17) is 9.47 Å². The summed E-state index contributed by atoms with van der Waals surface area (Å²) < 4.78 is 9.84. The minimum atomic E-state index is -2.12. The first-order valence-corrected chi connectivity index (χ1v) is 11.2. The maximum absolute atomic E-state index is 13.0. The Bertz CT molecular complexity index is 786. The van der Waals surface area contributed by atoms with Gasteiger partial charge in [-0.2, -0.15) is 0 Å². The molecule has 0 heterocycles. The highest BCUT2D eigenvalue weighted by molar-refractivity contribution is 6.20. The van der Waals surface area contributed by atoms with Gasteiger partial charge in [0.25, 0.3) is 0 Å². The van der Waals surface area contributed by atoms with Gasteiger partial charge in [-0.05, 0) is 31.2 Å². The number of Topliss-reactive ketones (excluding diaryl/α,β-unsaturated/α-hetero) is 2. The second kappa shape index (κ2) is 14.5. The summed E-state index contributed by atoms with van der Waals surface area (Å²) in [5.41, 5.74) is 0.00455. The third-order valence-electron chi connectivity index (χ3n) is 4.89. The van der Waals surface area contributed by atoms with Crippen molar-refractivity contribution in [2.45, 2.75) is 77.9 Å². The lowest BCUT2D eigenvalue weighted by Gasteiger charge is -2.17. The summed E-state index contributed by atoms with van der Waals surface area (Å²) in [5, 5.41) is 20.5. The molecule has 8 nitrogen and oxygen atoms in total. The van der Waals surface area contributed by atoms with Crippen LogP contribution in [0.15, 0.2) is 18.2 Å². The smallest absolute Gasteiger partial charge is 0.343 e. The number of unbranched alkanes of at least 4 members (excludes halogenated alkanes) is 3. The molecule has 2 atom stereocenters. The third-order valence-corrected chi connectivity index (χ3v) is 4.89. The van der Waals surface area contributed by atoms with Gasteiger partial charge in [0, 0.05) is 11.1 Å². The molecule has 0 amide bonds. The van der Waals surface area contributed by atoms with E-state index in [-0.39, 0.29) is 24.3 Å². The van der Waals surface area contributed by atoms with Crippen LogP contribution in [0.1, 0.15) is 85.6 Å². The lowest BCUT2D eigenvalue weighted by molar-refractivity contribution is -0.151. The van der Waals surface area contributed by atoms with Gasteiger partial charge in [-0.15, -0.1) is 0 Å². The van der Waals surface area contributed by atoms with Gasteiger partial charge in [-0.1, -0.05) is 58.2 Å². The van der Waals surface area contributed by atoms with Gasteiger partial charge in [0.05, 0.1) is 13.2 Å². The highest BCUT2D eigenvalue weighted by Crippen LogP contribution is 2.22. The van der Waals surface area contributed by atoms with Crippen molar-refractivity contribution < 1.29 is 38.9 Å². The molecule has 178 valence electrons. The summed E-state index contributed by atoms with van der Waals surface area (Å²) in [7, 11) is 0. The van der Waals surface area contributed by atoms with Crippen LogP contribution in [-0.2, 0) is 25.5 Å². The van der Waals surface area contributed by atoms with E-state index in [1.807, 2.05) is 20.8 Å². The number of ketones is 2. The lowest BCUT2D eigenvalue weighted by atomic mass is 9.89. The van der Waals surface area contributed by atoms with E-state index in [9.17, 15) is 29.4 Å². The van der Waals surface area contributed by atoms with E-state index < -0.39 is 35.7 Å². The Hall–Kier alpha value is -2.58. The second-order valence-corrected chi connectivity index (χ2v) is 7.52. The molecule has 0 bridgehead atoms. The second-order valence-electron chi connectivity index (χ2n) is 7.52. The van der Waals surface area contributed by atoms with Gasteiger partial charge in [0.1, 0.15) is 0 Å². The predicted molar refractivity (Wildman–Crippen MR) is 117 cm³/mol. The zero-order valence-electron chi connectivity index (χ0n) is 19.1. The minimum Gasteiger partial charge on any atom is -0.463 e. The van der Waals surface area contributed by atoms with Crippen LogP contribution in [0, 0.1) is 0 Å². The van der Waals surface area contributed by atoms with Crippen molar-refractivity contribution in [3.63, 3.8) is 0 Å². The lowest BCUT2D eigenvalue weighted by Crippen LogP contribution is -2.36. The van der Waals surface area contributed by atoms with Crippen LogP contribution in [0.5, 0.6) is 0 Å². The van der Waals surface area contributed by atoms with Crippen LogP contribution in [0.2, 0.25) is 0 Å². The number of carbonyl (C=O) groups is 4. The van der Waals surface area contributed by atoms with Gasteiger partial charge < -0.3 is 19.7 Å². The Balaban J connectivity index is 3.24. The van der Waals surface area contributed by atoms with Crippen molar-refractivity contribution in [3.05, 3.63) is 34.9 Å². The van der Waals surface area contributed by atoms with Crippen LogP contribution in [0.25, 0.3) is 0 Å². The normalized spacial score (nSPS) is 12.7. The Morgan fingerprint density at radius 3 is 1.78 bits per heavy atom. The first kappa shape index (κ1) is 27.5. The number of esters is 2. The number of rotatable bonds is 15. The summed E-state index contributed by atoms with van der Waals surface area (Å²) in [6.45, 7) is 5.87. The molecule has 0 aromatic heterocycles. The molecule has 32 heavy (non-hydrogen) atoms. The van der Waals surface area contributed by atoms with Crippen LogP contribution in [0.3, 0.4) is 0 Å². The summed E-state index contributed by atoms with van der Waals surface area (Å²) in [6.07, 6.45) is 0.363. The van der Waals surface area contributed by atoms with E-state index in [0.29, 0.717) is 31.2 Å². The highest BCUT2D eigenvalue weighted by Gasteiger charge is 2.35. The molecule has 0 aliphatic heterocycles. The van der Waals surface area contributed by atoms with Gasteiger partial charge in [0.15, 0.2) is 0 Å². The SMILES string of the molecule is CCCCOC(=O)C(O)C(=O)c1cccc(CCCC)c1C(=O)C(O)C(=O)OCCCC. The summed E-state index contributed by atoms with van der Waals surface area (Å²) in [5.74, 6) is -4.25. The molecule has 1 aromatic rings. The monoisotopic (exact) mass is 450 g/mol. The van der Waals surface area contributed by atoms with E-state index in [2.05, 4.69) is 0 Å². The average molecular weight is 451 g/mol. The Kier molecular flexibility index (Phi) is 12.4. The van der Waals surface area contributed by atoms with Gasteiger partial charge in [0.2, 0.25) is 23.8 Å². The Morgan fingerprint density at radius 1 is 0.781 bits per heavy atom. The van der Waals surface area contributed by atoms with Crippen molar-refractivity contribution in [1.29, 1.82) is 0 Å². The molecule has 0 aliphatic rings. The molecule has 0 saturated heterocycles. The van der Waals surface area contributed by atoms with E-state index >= 15 is 0 Å². The van der Waals surface area contributed by atoms with Crippen molar-refractivity contribution in [2.24, 2.45) is 0 Å². The molecule has 8 heteroatoms. The Labute approximate surface area is 188 Å². The number of hydrogen-bond acceptors (Lipinski definition) is 8. The van der Waals surface area contributed by atoms with Gasteiger partial charge in [-0.25, -0.2) is 9.59 Å². The quantitative estimate of drug-likeness (QED) is 0.181. The van der Waals surface area contributed by atoms with Crippen LogP contribution < -0.4 is 0 Å². The fraction of sp³-hybridized carbons (Fsp3) is 0.583. The third kappa shape index (κ3) is 7.84. The maximum atomic E-state index is 13.0. The standard InChI is InChI=1S/C24H34O8/c1-4-7-11-16-12-10-13-17(19(25)21(27)23(29)31-14-8-5-2)18(16)20(26)22(28)24(30)32-15-9-6-3/h10,12-13,21-22,27-28H,4-9,11,14-15H2,1-3H3. The number of carbonyl (C=O) groups excluding carboxylic acids is 4. The zero-order chi connectivity index (χ0) is 24.1. The molecular weight excluding hydrogens is 416 g/mol. The predicted octanol–water partition coefficient (Wildman–Crippen LogP) is 2.80. The van der Waals surface area contributed by atoms with Gasteiger partial charge >= 0.3 is 11.9 Å². The fourth-order valence-electron chi connectivity index (χ4n) is 2.96. The van der Waals surface area contributed by atoms with Crippen molar-refractivity contribution >= 4 is 23.5 Å². The summed E-state index contributed by atoms with van der Waals surface area (Å²) in [4.78, 5) is 50.1. The minimum absolute atomic E-state index is 0.0598. The number of hydrogen-bond donors (Lipinski definition) is 2. The molecule has 0 spiro atoms. The van der Waals surface area contributed by atoms with E-state index in [1.165, 1.54) is 12.1 Å². The molecule has 2 N–H and O–H groups in total. The number of aliphatic hydroxyl groups excluding tert-OH is 2. The summed E-state index contributed by atoms with van der Waals surface area (Å²) in [6, 6.07) is 4.42. The van der Waals surface area contributed by atoms with Gasteiger partial charge in [-0.3, -0.25) is 9.59 Å². The van der Waals surface area contributed by atoms with E-state index in [1.54, 1.807) is 6.07 Å². The molecule has 1 rings (SSSR count). The number of benzene rings is 1. The maximum Gasteiger partial charge on any atom is 0.343 e. The topological polar surface area (TPSA) is 127 Å². The fourth-order valence-corrected chi connectivity index (χ4v) is 2.96. The highest BCUT2D eigenvalue weighted by atomic mass is 16.6. The first-order valence-electron chi connectivity index (χ1n) is 11.2. The Morgan fingerprint density at radius 2 is 1.28 bits per heavy atom. The molecule has 1 aromatic carbocycles. The molecule has 0 saturated carbocycles. The van der Waals surface area contributed by atoms with Crippen molar-refractivity contribution in [3.8, 4) is 0 Å². The van der Waals surface area contributed by atoms with Crippen LogP contribution >= 0.6 is 0 Å². The molecule has 2 unspecified atom stereocenters. The number of aliphatic hydroxyl groups is 2. The average Bonchev–Trinajstić information content (AvgIpc) is 2.80. The van der Waals surface area contributed by atoms with Crippen LogP contribution in [0.4, 0.5) is 0 Å². The molecular formula is C24H34O8. The first-order chi connectivity index (χ1) is 15.3. The van der Waals surface area contributed by atoms with E-state index in [0.717, 1.165) is 19.3 Å². The van der Waals surface area contributed by atoms with Crippen molar-refractivity contribution in [1.82, 2.24) is 0 Å². The van der Waals surface area contributed by atoms with Crippen LogP contribution in [-0.4, -0.2) is 59.1 Å². The van der Waals surface area contributed by atoms with Crippen molar-refractivity contribution in [2.75, 3.05) is 13.2 Å². The number of aryl methyl sites for hydroxylation is 1. The summed E-state index contributed by atoms with van der Waals surface area (Å²) >= 11 is 0. The molecule has 0 fully saturated rings. The molecule has 0 aliphatic carbocycles. The molecule has 0 radical (unpaired) electrons. The zero-order valence-corrected chi connectivity index (χ0v) is 19.1. The number of ether oxygens (including phenoxy) is 2. The largest absolute Gasteiger partial charge is 0.463 e.